The van der Waals surface area contributed by atoms with Crippen molar-refractivity contribution in [3.8, 4) is 5.75 Å². The summed E-state index contributed by atoms with van der Waals surface area (Å²) < 4.78 is 19.7. The maximum absolute atomic E-state index is 13.4. The Balaban J connectivity index is 2.31. The molecule has 0 bridgehead atoms. The fraction of sp³-hybridized carbons (Fsp3) is 0.462. The van der Waals surface area contributed by atoms with Crippen molar-refractivity contribution in [1.29, 1.82) is 0 Å². The Bertz CT molecular complexity index is 461. The van der Waals surface area contributed by atoms with Gasteiger partial charge in [0.15, 0.2) is 5.78 Å². The summed E-state index contributed by atoms with van der Waals surface area (Å²) in [5, 5.41) is 2.77. The Morgan fingerprint density at radius 2 is 2.28 bits per heavy atom. The van der Waals surface area contributed by atoms with Crippen LogP contribution in [-0.4, -0.2) is 25.5 Å². The van der Waals surface area contributed by atoms with Crippen molar-refractivity contribution in [2.45, 2.75) is 25.4 Å². The lowest BCUT2D eigenvalue weighted by Crippen LogP contribution is -2.26. The molecule has 3 nitrogen and oxygen atoms in total. The van der Waals surface area contributed by atoms with Crippen molar-refractivity contribution in [3.63, 3.8) is 0 Å². The molecule has 0 heterocycles. The highest BCUT2D eigenvalue weighted by Crippen LogP contribution is 2.34. The third kappa shape index (κ3) is 2.90. The highest BCUT2D eigenvalue weighted by atomic mass is 79.9. The predicted molar refractivity (Wildman–Crippen MR) is 70.6 cm³/mol. The first-order valence-corrected chi connectivity index (χ1v) is 6.74. The molecule has 5 heteroatoms. The highest BCUT2D eigenvalue weighted by Gasteiger charge is 2.24. The zero-order valence-electron chi connectivity index (χ0n) is 10.1. The van der Waals surface area contributed by atoms with Gasteiger partial charge in [0, 0.05) is 0 Å². The van der Waals surface area contributed by atoms with Crippen molar-refractivity contribution in [2.24, 2.45) is 0 Å². The molecule has 0 spiro atoms. The van der Waals surface area contributed by atoms with E-state index in [1.54, 1.807) is 7.05 Å². The molecule has 1 aromatic carbocycles. The van der Waals surface area contributed by atoms with Gasteiger partial charge in [0.2, 0.25) is 0 Å². The van der Waals surface area contributed by atoms with Gasteiger partial charge in [0.25, 0.3) is 0 Å². The second-order valence-electron chi connectivity index (χ2n) is 4.39. The first-order chi connectivity index (χ1) is 8.61. The number of nitrogens with one attached hydrogen (secondary N) is 1. The van der Waals surface area contributed by atoms with E-state index in [0.717, 1.165) is 19.3 Å². The van der Waals surface area contributed by atoms with Gasteiger partial charge in [-0.2, -0.15) is 0 Å². The number of likely N-dealkylation sites (N-methyl/N-ethyl adjacent to an activating group) is 1. The smallest absolute Gasteiger partial charge is 0.180 e. The van der Waals surface area contributed by atoms with E-state index in [-0.39, 0.29) is 18.4 Å². The van der Waals surface area contributed by atoms with Crippen LogP contribution < -0.4 is 10.1 Å². The summed E-state index contributed by atoms with van der Waals surface area (Å²) in [4.78, 5) is 11.9. The van der Waals surface area contributed by atoms with Crippen LogP contribution in [0.4, 0.5) is 4.39 Å². The molecule has 18 heavy (non-hydrogen) atoms. The number of Topliss-reactive ketones (excluding diaryl/α,β-unsaturated/α-hetero) is 1. The lowest BCUT2D eigenvalue weighted by Gasteiger charge is -2.28. The van der Waals surface area contributed by atoms with E-state index in [4.69, 9.17) is 4.74 Å². The average Bonchev–Trinajstić information content (AvgIpc) is 2.24. The van der Waals surface area contributed by atoms with Gasteiger partial charge in [-0.1, -0.05) is 0 Å². The standard InChI is InChI=1S/C13H15BrFNO2/c1-16-7-12(17)10-5-8(15)6-11(14)13(10)18-9-3-2-4-9/h5-6,9,16H,2-4,7H2,1H3. The molecule has 1 fully saturated rings. The van der Waals surface area contributed by atoms with E-state index in [9.17, 15) is 9.18 Å². The summed E-state index contributed by atoms with van der Waals surface area (Å²) >= 11 is 3.26. The van der Waals surface area contributed by atoms with E-state index < -0.39 is 5.82 Å². The number of carbonyl (C=O) groups is 1. The largest absolute Gasteiger partial charge is 0.488 e. The fourth-order valence-corrected chi connectivity index (χ4v) is 2.32. The Morgan fingerprint density at radius 1 is 1.56 bits per heavy atom. The molecule has 0 atom stereocenters. The van der Waals surface area contributed by atoms with E-state index in [2.05, 4.69) is 21.2 Å². The Labute approximate surface area is 114 Å². The van der Waals surface area contributed by atoms with Gasteiger partial charge in [-0.25, -0.2) is 4.39 Å². The summed E-state index contributed by atoms with van der Waals surface area (Å²) in [7, 11) is 1.68. The first kappa shape index (κ1) is 13.5. The number of rotatable bonds is 5. The molecular formula is C13H15BrFNO2. The number of ether oxygens (including phenoxy) is 1. The summed E-state index contributed by atoms with van der Waals surface area (Å²) in [6, 6.07) is 2.56. The molecule has 98 valence electrons. The molecule has 0 aromatic heterocycles. The summed E-state index contributed by atoms with van der Waals surface area (Å²) in [6.07, 6.45) is 3.27. The third-order valence-corrected chi connectivity index (χ3v) is 3.57. The molecule has 1 aliphatic rings. The van der Waals surface area contributed by atoms with E-state index in [0.29, 0.717) is 15.8 Å². The minimum Gasteiger partial charge on any atom is -0.488 e. The first-order valence-electron chi connectivity index (χ1n) is 5.95. The maximum Gasteiger partial charge on any atom is 0.180 e. The van der Waals surface area contributed by atoms with Gasteiger partial charge in [0.05, 0.1) is 22.7 Å². The van der Waals surface area contributed by atoms with Crippen LogP contribution >= 0.6 is 15.9 Å². The summed E-state index contributed by atoms with van der Waals surface area (Å²) in [5.41, 5.74) is 0.295. The highest BCUT2D eigenvalue weighted by molar-refractivity contribution is 9.10. The molecule has 1 aliphatic carbocycles. The second-order valence-corrected chi connectivity index (χ2v) is 5.24. The van der Waals surface area contributed by atoms with Crippen LogP contribution in [0, 0.1) is 5.82 Å². The molecule has 0 saturated heterocycles. The Hall–Kier alpha value is -0.940. The van der Waals surface area contributed by atoms with Gasteiger partial charge >= 0.3 is 0 Å². The quantitative estimate of drug-likeness (QED) is 0.849. The summed E-state index contributed by atoms with van der Waals surface area (Å²) in [5.74, 6) is -0.157. The van der Waals surface area contributed by atoms with Crippen LogP contribution in [0.15, 0.2) is 16.6 Å². The number of hydrogen-bond donors (Lipinski definition) is 1. The second kappa shape index (κ2) is 5.80. The fourth-order valence-electron chi connectivity index (χ4n) is 1.80. The molecule has 1 saturated carbocycles. The molecule has 0 radical (unpaired) electrons. The molecule has 2 rings (SSSR count). The normalized spacial score (nSPS) is 15.3. The van der Waals surface area contributed by atoms with Crippen LogP contribution in [0.3, 0.4) is 0 Å². The van der Waals surface area contributed by atoms with Gasteiger partial charge in [-0.15, -0.1) is 0 Å². The number of halogens is 2. The van der Waals surface area contributed by atoms with Crippen LogP contribution in [0.1, 0.15) is 29.6 Å². The van der Waals surface area contributed by atoms with Gasteiger partial charge in [-0.3, -0.25) is 4.79 Å². The van der Waals surface area contributed by atoms with Crippen molar-refractivity contribution in [2.75, 3.05) is 13.6 Å². The zero-order chi connectivity index (χ0) is 13.1. The number of ketones is 1. The lowest BCUT2D eigenvalue weighted by molar-refractivity contribution is 0.0963. The average molecular weight is 316 g/mol. The number of benzene rings is 1. The Morgan fingerprint density at radius 3 is 2.83 bits per heavy atom. The number of carbonyl (C=O) groups excluding carboxylic acids is 1. The van der Waals surface area contributed by atoms with Crippen molar-refractivity contribution < 1.29 is 13.9 Å². The molecule has 0 unspecified atom stereocenters. The Kier molecular flexibility index (Phi) is 4.35. The summed E-state index contributed by atoms with van der Waals surface area (Å²) in [6.45, 7) is 0.164. The lowest BCUT2D eigenvalue weighted by atomic mass is 9.96. The van der Waals surface area contributed by atoms with E-state index >= 15 is 0 Å². The molecule has 0 amide bonds. The van der Waals surface area contributed by atoms with Gasteiger partial charge < -0.3 is 10.1 Å². The molecular weight excluding hydrogens is 301 g/mol. The zero-order valence-corrected chi connectivity index (χ0v) is 11.7. The van der Waals surface area contributed by atoms with Crippen LogP contribution in [-0.2, 0) is 0 Å². The third-order valence-electron chi connectivity index (χ3n) is 2.98. The van der Waals surface area contributed by atoms with E-state index in [1.807, 2.05) is 0 Å². The van der Waals surface area contributed by atoms with Crippen LogP contribution in [0.25, 0.3) is 0 Å². The van der Waals surface area contributed by atoms with Crippen molar-refractivity contribution in [3.05, 3.63) is 28.0 Å². The molecule has 1 N–H and O–H groups in total. The van der Waals surface area contributed by atoms with Crippen LogP contribution in [0.5, 0.6) is 5.75 Å². The van der Waals surface area contributed by atoms with Crippen molar-refractivity contribution >= 4 is 21.7 Å². The maximum atomic E-state index is 13.4. The monoisotopic (exact) mass is 315 g/mol. The number of hydrogen-bond acceptors (Lipinski definition) is 3. The SMILES string of the molecule is CNCC(=O)c1cc(F)cc(Br)c1OC1CCC1. The van der Waals surface area contributed by atoms with Crippen LogP contribution in [0.2, 0.25) is 0 Å². The molecule has 0 aliphatic heterocycles. The van der Waals surface area contributed by atoms with E-state index in [1.165, 1.54) is 12.1 Å². The topological polar surface area (TPSA) is 38.3 Å². The van der Waals surface area contributed by atoms with Crippen molar-refractivity contribution in [1.82, 2.24) is 5.32 Å². The van der Waals surface area contributed by atoms with Gasteiger partial charge in [0.1, 0.15) is 11.6 Å². The molecule has 1 aromatic rings. The minimum atomic E-state index is -0.442. The minimum absolute atomic E-state index is 0.146. The van der Waals surface area contributed by atoms with Gasteiger partial charge in [-0.05, 0) is 54.4 Å². The predicted octanol–water partition coefficient (Wildman–Crippen LogP) is 2.92.